The summed E-state index contributed by atoms with van der Waals surface area (Å²) in [5.74, 6) is 0.832. The molecule has 1 atom stereocenters. The van der Waals surface area contributed by atoms with Gasteiger partial charge in [0, 0.05) is 31.6 Å². The van der Waals surface area contributed by atoms with Crippen LogP contribution in [0.1, 0.15) is 61.1 Å². The third-order valence-electron chi connectivity index (χ3n) is 7.58. The highest BCUT2D eigenvalue weighted by atomic mass is 16.6. The Hall–Kier alpha value is -1.93. The van der Waals surface area contributed by atoms with Crippen LogP contribution < -0.4 is 5.32 Å². The predicted molar refractivity (Wildman–Crippen MR) is 125 cm³/mol. The molecule has 7 nitrogen and oxygen atoms in total. The molecule has 3 heterocycles. The topological polar surface area (TPSA) is 84.2 Å². The molecule has 2 aromatic rings. The molecule has 3 fully saturated rings. The first-order chi connectivity index (χ1) is 16.1. The zero-order chi connectivity index (χ0) is 22.7. The standard InChI is InChI=1S/C26H36N2O5/c29-25(27-16-22-18-31-12-13-32-22)24-15-20-14-21(6-7-23(20)33-24)26(30)8-10-28(11-9-26)17-19-4-2-1-3-5-19/h6-7,14-15,19,22,30H,1-5,8-13,16-18H2,(H,27,29). The first-order valence-electron chi connectivity index (χ1n) is 12.6. The number of benzene rings is 1. The van der Waals surface area contributed by atoms with Crippen LogP contribution in [0.15, 0.2) is 28.7 Å². The minimum Gasteiger partial charge on any atom is -0.451 e. The van der Waals surface area contributed by atoms with Gasteiger partial charge in [-0.15, -0.1) is 0 Å². The smallest absolute Gasteiger partial charge is 0.287 e. The lowest BCUT2D eigenvalue weighted by Crippen LogP contribution is -2.44. The van der Waals surface area contributed by atoms with Crippen LogP contribution in [0.2, 0.25) is 0 Å². The van der Waals surface area contributed by atoms with E-state index in [0.29, 0.717) is 31.9 Å². The van der Waals surface area contributed by atoms with E-state index in [-0.39, 0.29) is 17.8 Å². The van der Waals surface area contributed by atoms with Crippen molar-refractivity contribution < 1.29 is 23.8 Å². The summed E-state index contributed by atoms with van der Waals surface area (Å²) in [5, 5.41) is 15.1. The number of carbonyl (C=O) groups is 1. The first kappa shape index (κ1) is 22.8. The van der Waals surface area contributed by atoms with Gasteiger partial charge in [-0.2, -0.15) is 0 Å². The average Bonchev–Trinajstić information content (AvgIpc) is 3.29. The van der Waals surface area contributed by atoms with Crippen LogP contribution in [0, 0.1) is 5.92 Å². The van der Waals surface area contributed by atoms with Crippen molar-refractivity contribution in [1.82, 2.24) is 10.2 Å². The molecule has 2 aliphatic heterocycles. The highest BCUT2D eigenvalue weighted by Crippen LogP contribution is 2.36. The number of hydrogen-bond acceptors (Lipinski definition) is 6. The summed E-state index contributed by atoms with van der Waals surface area (Å²) < 4.78 is 16.7. The molecule has 1 saturated carbocycles. The van der Waals surface area contributed by atoms with Crippen molar-refractivity contribution in [3.63, 3.8) is 0 Å². The Labute approximate surface area is 195 Å². The van der Waals surface area contributed by atoms with Crippen LogP contribution in [-0.4, -0.2) is 68.0 Å². The van der Waals surface area contributed by atoms with E-state index in [9.17, 15) is 9.90 Å². The number of likely N-dealkylation sites (tertiary alicyclic amines) is 1. The average molecular weight is 457 g/mol. The van der Waals surface area contributed by atoms with Gasteiger partial charge >= 0.3 is 0 Å². The number of hydrogen-bond donors (Lipinski definition) is 2. The molecule has 0 radical (unpaired) electrons. The summed E-state index contributed by atoms with van der Waals surface area (Å²) in [5.41, 5.74) is 0.738. The summed E-state index contributed by atoms with van der Waals surface area (Å²) >= 11 is 0. The van der Waals surface area contributed by atoms with Gasteiger partial charge in [0.05, 0.1) is 31.5 Å². The number of furan rings is 1. The van der Waals surface area contributed by atoms with Crippen molar-refractivity contribution in [2.24, 2.45) is 5.92 Å². The number of amides is 1. The maximum absolute atomic E-state index is 12.6. The van der Waals surface area contributed by atoms with Gasteiger partial charge in [-0.25, -0.2) is 0 Å². The number of fused-ring (bicyclic) bond motifs is 1. The molecule has 2 N–H and O–H groups in total. The van der Waals surface area contributed by atoms with E-state index in [1.54, 1.807) is 6.07 Å². The van der Waals surface area contributed by atoms with E-state index in [1.807, 2.05) is 18.2 Å². The van der Waals surface area contributed by atoms with Crippen molar-refractivity contribution in [3.8, 4) is 0 Å². The molecule has 0 bridgehead atoms. The second-order valence-corrected chi connectivity index (χ2v) is 9.98. The van der Waals surface area contributed by atoms with Gasteiger partial charge in [-0.1, -0.05) is 25.3 Å². The second-order valence-electron chi connectivity index (χ2n) is 9.98. The summed E-state index contributed by atoms with van der Waals surface area (Å²) in [7, 11) is 0. The third-order valence-corrected chi connectivity index (χ3v) is 7.58. The van der Waals surface area contributed by atoms with Gasteiger partial charge in [0.25, 0.3) is 5.91 Å². The van der Waals surface area contributed by atoms with Crippen molar-refractivity contribution >= 4 is 16.9 Å². The number of aliphatic hydroxyl groups is 1. The Morgan fingerprint density at radius 2 is 1.94 bits per heavy atom. The van der Waals surface area contributed by atoms with Gasteiger partial charge in [0.2, 0.25) is 0 Å². The Kier molecular flexibility index (Phi) is 7.02. The van der Waals surface area contributed by atoms with Gasteiger partial charge in [-0.3, -0.25) is 4.79 Å². The number of rotatable bonds is 6. The van der Waals surface area contributed by atoms with Crippen LogP contribution in [0.5, 0.6) is 0 Å². The number of ether oxygens (including phenoxy) is 2. The number of carbonyl (C=O) groups excluding carboxylic acids is 1. The largest absolute Gasteiger partial charge is 0.451 e. The molecule has 1 aromatic heterocycles. The van der Waals surface area contributed by atoms with Crippen LogP contribution in [-0.2, 0) is 15.1 Å². The van der Waals surface area contributed by atoms with Crippen LogP contribution in [0.4, 0.5) is 0 Å². The van der Waals surface area contributed by atoms with E-state index in [0.717, 1.165) is 42.8 Å². The Balaban J connectivity index is 1.19. The first-order valence-corrected chi connectivity index (χ1v) is 12.6. The normalized spacial score (nSPS) is 24.7. The van der Waals surface area contributed by atoms with Crippen LogP contribution in [0.25, 0.3) is 11.0 Å². The number of nitrogens with zero attached hydrogens (tertiary/aromatic N) is 1. The Morgan fingerprint density at radius 3 is 2.70 bits per heavy atom. The third kappa shape index (κ3) is 5.43. The van der Waals surface area contributed by atoms with E-state index in [1.165, 1.54) is 38.6 Å². The molecule has 1 aromatic carbocycles. The summed E-state index contributed by atoms with van der Waals surface area (Å²) in [6.07, 6.45) is 8.19. The minimum atomic E-state index is -0.824. The molecule has 3 aliphatic rings. The van der Waals surface area contributed by atoms with Crippen molar-refractivity contribution in [1.29, 1.82) is 0 Å². The highest BCUT2D eigenvalue weighted by Gasteiger charge is 2.35. The molecule has 33 heavy (non-hydrogen) atoms. The zero-order valence-corrected chi connectivity index (χ0v) is 19.4. The highest BCUT2D eigenvalue weighted by molar-refractivity contribution is 5.96. The van der Waals surface area contributed by atoms with Gasteiger partial charge in [0.1, 0.15) is 5.58 Å². The maximum atomic E-state index is 12.6. The monoisotopic (exact) mass is 456 g/mol. The second kappa shape index (κ2) is 10.1. The molecular formula is C26H36N2O5. The molecule has 0 spiro atoms. The lowest BCUT2D eigenvalue weighted by Gasteiger charge is -2.40. The van der Waals surface area contributed by atoms with Gasteiger partial charge < -0.3 is 29.2 Å². The summed E-state index contributed by atoms with van der Waals surface area (Å²) in [6, 6.07) is 7.54. The minimum absolute atomic E-state index is 0.128. The Morgan fingerprint density at radius 1 is 1.12 bits per heavy atom. The molecular weight excluding hydrogens is 420 g/mol. The van der Waals surface area contributed by atoms with Crippen LogP contribution in [0.3, 0.4) is 0 Å². The molecule has 7 heteroatoms. The molecule has 5 rings (SSSR count). The van der Waals surface area contributed by atoms with Crippen molar-refractivity contribution in [2.45, 2.75) is 56.7 Å². The van der Waals surface area contributed by atoms with Crippen molar-refractivity contribution in [3.05, 3.63) is 35.6 Å². The van der Waals surface area contributed by atoms with E-state index in [4.69, 9.17) is 13.9 Å². The lowest BCUT2D eigenvalue weighted by molar-refractivity contribution is -0.0856. The van der Waals surface area contributed by atoms with Crippen molar-refractivity contribution in [2.75, 3.05) is 46.0 Å². The van der Waals surface area contributed by atoms with Gasteiger partial charge in [-0.05, 0) is 55.4 Å². The summed E-state index contributed by atoms with van der Waals surface area (Å²) in [4.78, 5) is 15.1. The molecule has 1 amide bonds. The van der Waals surface area contributed by atoms with Gasteiger partial charge in [0.15, 0.2) is 5.76 Å². The van der Waals surface area contributed by atoms with Crippen LogP contribution >= 0.6 is 0 Å². The molecule has 2 saturated heterocycles. The van der Waals surface area contributed by atoms with E-state index >= 15 is 0 Å². The summed E-state index contributed by atoms with van der Waals surface area (Å²) in [6.45, 7) is 5.05. The maximum Gasteiger partial charge on any atom is 0.287 e. The molecule has 1 aliphatic carbocycles. The van der Waals surface area contributed by atoms with E-state index in [2.05, 4.69) is 10.2 Å². The quantitative estimate of drug-likeness (QED) is 0.693. The Bertz CT molecular complexity index is 937. The molecule has 180 valence electrons. The fourth-order valence-corrected chi connectivity index (χ4v) is 5.52. The predicted octanol–water partition coefficient (Wildman–Crippen LogP) is 3.44. The number of nitrogens with one attached hydrogen (secondary N) is 1. The number of piperidine rings is 1. The molecule has 1 unspecified atom stereocenters. The fourth-order valence-electron chi connectivity index (χ4n) is 5.52. The SMILES string of the molecule is O=C(NCC1COCCO1)c1cc2cc(C3(O)CCN(CC4CCCCC4)CC3)ccc2o1. The fraction of sp³-hybridized carbons (Fsp3) is 0.654. The lowest BCUT2D eigenvalue weighted by atomic mass is 9.83. The zero-order valence-electron chi connectivity index (χ0n) is 19.4. The van der Waals surface area contributed by atoms with E-state index < -0.39 is 5.60 Å².